The maximum atomic E-state index is 6.09. The SMILES string of the molecule is CC(C)(C)C(Cc1ccc(/C=C/B2OC(C)(C)C(C)(C)O2)cc1)Cc1ccc(/C=C/B2OC(C)(C)C(C)(C)O2)cc1. The molecule has 0 aliphatic carbocycles. The highest BCUT2D eigenvalue weighted by molar-refractivity contribution is 6.53. The van der Waals surface area contributed by atoms with E-state index in [0.717, 1.165) is 24.0 Å². The second kappa shape index (κ2) is 11.5. The van der Waals surface area contributed by atoms with E-state index < -0.39 is 0 Å². The van der Waals surface area contributed by atoms with Gasteiger partial charge in [-0.2, -0.15) is 0 Å². The van der Waals surface area contributed by atoms with Crippen LogP contribution >= 0.6 is 0 Å². The van der Waals surface area contributed by atoms with Crippen LogP contribution < -0.4 is 0 Å². The van der Waals surface area contributed by atoms with E-state index in [1.165, 1.54) is 11.1 Å². The molecule has 6 heteroatoms. The minimum Gasteiger partial charge on any atom is -0.400 e. The van der Waals surface area contributed by atoms with Crippen LogP contribution in [0.15, 0.2) is 60.5 Å². The van der Waals surface area contributed by atoms with Crippen molar-refractivity contribution in [2.45, 2.75) is 111 Å². The quantitative estimate of drug-likeness (QED) is 0.306. The first-order chi connectivity index (χ1) is 18.9. The average molecular weight is 556 g/mol. The fraction of sp³-hybridized carbons (Fsp3) is 0.543. The molecule has 2 aromatic rings. The van der Waals surface area contributed by atoms with E-state index >= 15 is 0 Å². The molecule has 0 saturated carbocycles. The van der Waals surface area contributed by atoms with Gasteiger partial charge >= 0.3 is 14.2 Å². The zero-order valence-corrected chi connectivity index (χ0v) is 27.2. The Labute approximate surface area is 250 Å². The summed E-state index contributed by atoms with van der Waals surface area (Å²) in [6.45, 7) is 23.7. The van der Waals surface area contributed by atoms with Gasteiger partial charge in [-0.3, -0.25) is 0 Å². The largest absolute Gasteiger partial charge is 0.487 e. The molecule has 2 heterocycles. The molecular weight excluding hydrogens is 506 g/mol. The van der Waals surface area contributed by atoms with Gasteiger partial charge in [-0.25, -0.2) is 0 Å². The summed E-state index contributed by atoms with van der Waals surface area (Å²) < 4.78 is 24.4. The third-order valence-corrected chi connectivity index (χ3v) is 9.58. The summed E-state index contributed by atoms with van der Waals surface area (Å²) in [5.74, 6) is 4.54. The molecule has 0 N–H and O–H groups in total. The lowest BCUT2D eigenvalue weighted by Crippen LogP contribution is -2.41. The van der Waals surface area contributed by atoms with Gasteiger partial charge in [0.25, 0.3) is 0 Å². The van der Waals surface area contributed by atoms with Crippen molar-refractivity contribution in [2.75, 3.05) is 0 Å². The average Bonchev–Trinajstić information content (AvgIpc) is 3.20. The van der Waals surface area contributed by atoms with E-state index in [4.69, 9.17) is 18.6 Å². The lowest BCUT2D eigenvalue weighted by Gasteiger charge is -2.32. The van der Waals surface area contributed by atoms with Crippen LogP contribution in [0, 0.1) is 11.3 Å². The Morgan fingerprint density at radius 1 is 0.561 bits per heavy atom. The Hall–Kier alpha value is -2.11. The van der Waals surface area contributed by atoms with Gasteiger partial charge in [-0.05, 0) is 102 Å². The molecule has 0 atom stereocenters. The molecule has 0 amide bonds. The van der Waals surface area contributed by atoms with Crippen LogP contribution in [0.25, 0.3) is 12.2 Å². The van der Waals surface area contributed by atoms with Crippen molar-refractivity contribution in [2.24, 2.45) is 11.3 Å². The van der Waals surface area contributed by atoms with Gasteiger partial charge < -0.3 is 18.6 Å². The molecule has 0 spiro atoms. The van der Waals surface area contributed by atoms with Crippen LogP contribution in [0.1, 0.15) is 98.4 Å². The third kappa shape index (κ3) is 7.65. The molecule has 2 aromatic carbocycles. The summed E-state index contributed by atoms with van der Waals surface area (Å²) in [5, 5.41) is 0. The Morgan fingerprint density at radius 2 is 0.854 bits per heavy atom. The highest BCUT2D eigenvalue weighted by Gasteiger charge is 2.50. The maximum absolute atomic E-state index is 6.09. The topological polar surface area (TPSA) is 36.9 Å². The molecule has 0 aromatic heterocycles. The first kappa shape index (κ1) is 31.8. The predicted octanol–water partition coefficient (Wildman–Crippen LogP) is 8.42. The molecule has 2 fully saturated rings. The lowest BCUT2D eigenvalue weighted by atomic mass is 9.74. The number of benzene rings is 2. The number of rotatable bonds is 8. The summed E-state index contributed by atoms with van der Waals surface area (Å²) in [5.41, 5.74) is 3.93. The van der Waals surface area contributed by atoms with Gasteiger partial charge in [0.05, 0.1) is 22.4 Å². The highest BCUT2D eigenvalue weighted by Crippen LogP contribution is 2.38. The number of hydrogen-bond donors (Lipinski definition) is 0. The Balaban J connectivity index is 1.35. The standard InChI is InChI=1S/C35H50B2O4/c1-31(2,3)30(24-28-16-12-26(13-17-28)20-22-36-38-32(4,5)33(6,7)39-36)25-29-18-14-27(15-19-29)21-23-37-40-34(8,9)35(10,11)41-37/h12-23,30H,24-25H2,1-11H3/b22-20+,23-21+. The minimum atomic E-state index is -0.324. The van der Waals surface area contributed by atoms with E-state index in [9.17, 15) is 0 Å². The van der Waals surface area contributed by atoms with Crippen molar-refractivity contribution in [3.05, 3.63) is 82.7 Å². The van der Waals surface area contributed by atoms with Crippen LogP contribution in [0.5, 0.6) is 0 Å². The summed E-state index contributed by atoms with van der Waals surface area (Å²) >= 11 is 0. The summed E-state index contributed by atoms with van der Waals surface area (Å²) in [6, 6.07) is 17.8. The molecule has 2 aliphatic rings. The highest BCUT2D eigenvalue weighted by atomic mass is 16.7. The van der Waals surface area contributed by atoms with Crippen molar-refractivity contribution in [1.82, 2.24) is 0 Å². The third-order valence-electron chi connectivity index (χ3n) is 9.58. The zero-order chi connectivity index (χ0) is 30.3. The maximum Gasteiger partial charge on any atom is 0.487 e. The summed E-state index contributed by atoms with van der Waals surface area (Å²) in [7, 11) is -0.647. The molecule has 0 unspecified atom stereocenters. The van der Waals surface area contributed by atoms with Crippen molar-refractivity contribution < 1.29 is 18.6 Å². The number of hydrogen-bond acceptors (Lipinski definition) is 4. The first-order valence-electron chi connectivity index (χ1n) is 15.1. The monoisotopic (exact) mass is 556 g/mol. The van der Waals surface area contributed by atoms with Gasteiger partial charge in [0, 0.05) is 0 Å². The molecule has 0 radical (unpaired) electrons. The fourth-order valence-corrected chi connectivity index (χ4v) is 5.10. The van der Waals surface area contributed by atoms with E-state index in [0.29, 0.717) is 5.92 Å². The molecule has 4 nitrogen and oxygen atoms in total. The van der Waals surface area contributed by atoms with Crippen molar-refractivity contribution in [3.8, 4) is 0 Å². The molecule has 41 heavy (non-hydrogen) atoms. The van der Waals surface area contributed by atoms with Crippen molar-refractivity contribution >= 4 is 26.4 Å². The van der Waals surface area contributed by atoms with E-state index in [2.05, 4.69) is 137 Å². The van der Waals surface area contributed by atoms with E-state index in [-0.39, 0.29) is 42.1 Å². The van der Waals surface area contributed by atoms with Crippen molar-refractivity contribution in [3.63, 3.8) is 0 Å². The minimum absolute atomic E-state index is 0.185. The Bertz CT molecular complexity index is 1110. The fourth-order valence-electron chi connectivity index (χ4n) is 5.10. The van der Waals surface area contributed by atoms with Crippen LogP contribution in [0.2, 0.25) is 0 Å². The van der Waals surface area contributed by atoms with Crippen molar-refractivity contribution in [1.29, 1.82) is 0 Å². The molecule has 0 bridgehead atoms. The Kier molecular flexibility index (Phi) is 8.94. The normalized spacial score (nSPS) is 21.6. The molecule has 4 rings (SSSR count). The predicted molar refractivity (Wildman–Crippen MR) is 173 cm³/mol. The van der Waals surface area contributed by atoms with Gasteiger partial charge in [-0.15, -0.1) is 0 Å². The van der Waals surface area contributed by atoms with Crippen LogP contribution in [-0.4, -0.2) is 36.6 Å². The first-order valence-corrected chi connectivity index (χ1v) is 15.1. The van der Waals surface area contributed by atoms with E-state index in [1.54, 1.807) is 0 Å². The molecule has 220 valence electrons. The van der Waals surface area contributed by atoms with E-state index in [1.807, 2.05) is 12.0 Å². The summed E-state index contributed by atoms with van der Waals surface area (Å²) in [4.78, 5) is 0. The lowest BCUT2D eigenvalue weighted by molar-refractivity contribution is 0.00578. The smallest absolute Gasteiger partial charge is 0.400 e. The van der Waals surface area contributed by atoms with Gasteiger partial charge in [0.1, 0.15) is 0 Å². The second-order valence-electron chi connectivity index (χ2n) is 14.9. The van der Waals surface area contributed by atoms with Crippen LogP contribution in [0.3, 0.4) is 0 Å². The van der Waals surface area contributed by atoms with Gasteiger partial charge in [0.2, 0.25) is 0 Å². The van der Waals surface area contributed by atoms with Crippen LogP contribution in [0.4, 0.5) is 0 Å². The van der Waals surface area contributed by atoms with Gasteiger partial charge in [-0.1, -0.05) is 93.4 Å². The van der Waals surface area contributed by atoms with Crippen LogP contribution in [-0.2, 0) is 31.5 Å². The molecular formula is C35H50B2O4. The summed E-state index contributed by atoms with van der Waals surface area (Å²) in [6.07, 6.45) is 6.26. The molecule has 2 aliphatic heterocycles. The molecule has 2 saturated heterocycles. The van der Waals surface area contributed by atoms with Gasteiger partial charge in [0.15, 0.2) is 0 Å². The second-order valence-corrected chi connectivity index (χ2v) is 14.9. The Morgan fingerprint density at radius 3 is 1.12 bits per heavy atom. The zero-order valence-electron chi connectivity index (χ0n) is 27.2.